The number of piperazine rings is 1. The molecule has 10 nitrogen and oxygen atoms in total. The molecule has 5 heterocycles. The topological polar surface area (TPSA) is 98.1 Å². The zero-order valence-electron chi connectivity index (χ0n) is 26.0. The van der Waals surface area contributed by atoms with Crippen LogP contribution in [-0.4, -0.2) is 96.3 Å². The molecule has 7 rings (SSSR count). The molecule has 0 aliphatic carbocycles. The first-order valence-electron chi connectivity index (χ1n) is 16.2. The SMILES string of the molecule is C=CC(=O)N1CCN(c2nc(OCCCN3C[C@@H]4C[C@H]3CO4)nc3c2CCN(c2cccc4cccc(C)c24)C3)CC1CC#N. The van der Waals surface area contributed by atoms with E-state index in [0.717, 1.165) is 62.6 Å². The van der Waals surface area contributed by atoms with E-state index in [-0.39, 0.29) is 18.4 Å². The Morgan fingerprint density at radius 1 is 1.16 bits per heavy atom. The summed E-state index contributed by atoms with van der Waals surface area (Å²) >= 11 is 0. The third kappa shape index (κ3) is 5.83. The molecule has 234 valence electrons. The van der Waals surface area contributed by atoms with Gasteiger partial charge in [-0.15, -0.1) is 0 Å². The highest BCUT2D eigenvalue weighted by atomic mass is 16.5. The average Bonchev–Trinajstić information content (AvgIpc) is 3.70. The first-order valence-corrected chi connectivity index (χ1v) is 16.2. The van der Waals surface area contributed by atoms with Gasteiger partial charge in [0.2, 0.25) is 5.91 Å². The average molecular weight is 608 g/mol. The summed E-state index contributed by atoms with van der Waals surface area (Å²) in [5.41, 5.74) is 4.58. The Morgan fingerprint density at radius 3 is 2.80 bits per heavy atom. The number of aromatic nitrogens is 2. The van der Waals surface area contributed by atoms with Crippen LogP contribution in [0.4, 0.5) is 11.5 Å². The van der Waals surface area contributed by atoms with Crippen molar-refractivity contribution in [3.63, 3.8) is 0 Å². The van der Waals surface area contributed by atoms with Gasteiger partial charge in [-0.2, -0.15) is 15.2 Å². The Hall–Kier alpha value is -4.20. The van der Waals surface area contributed by atoms with Crippen molar-refractivity contribution in [2.45, 2.75) is 57.3 Å². The summed E-state index contributed by atoms with van der Waals surface area (Å²) in [6.45, 7) is 12.4. The quantitative estimate of drug-likeness (QED) is 0.265. The number of aryl methyl sites for hydroxylation is 1. The van der Waals surface area contributed by atoms with Gasteiger partial charge in [0, 0.05) is 61.9 Å². The summed E-state index contributed by atoms with van der Waals surface area (Å²) < 4.78 is 12.0. The molecule has 3 atom stereocenters. The van der Waals surface area contributed by atoms with Crippen molar-refractivity contribution in [3.8, 4) is 12.1 Å². The number of fused-ring (bicyclic) bond motifs is 4. The summed E-state index contributed by atoms with van der Waals surface area (Å²) in [7, 11) is 0. The standard InChI is InChI=1S/C35H41N7O3/c1-3-32(43)42-17-16-41(20-26(42)11-13-36)34-29-12-15-40(31-10-5-9-25-8-4-7-24(2)33(25)31)22-30(29)37-35(38-34)44-18-6-14-39-21-28-19-27(39)23-45-28/h3-5,7-10,26-28H,1,6,11-12,14-23H2,2H3/t26?,27-,28-/m0/s1. The van der Waals surface area contributed by atoms with Crippen LogP contribution in [0, 0.1) is 18.3 Å². The van der Waals surface area contributed by atoms with E-state index in [4.69, 9.17) is 19.4 Å². The van der Waals surface area contributed by atoms with Crippen LogP contribution in [0.2, 0.25) is 0 Å². The minimum Gasteiger partial charge on any atom is -0.463 e. The van der Waals surface area contributed by atoms with Crippen LogP contribution in [0.5, 0.6) is 6.01 Å². The van der Waals surface area contributed by atoms with E-state index in [9.17, 15) is 10.1 Å². The summed E-state index contributed by atoms with van der Waals surface area (Å²) in [5.74, 6) is 0.730. The van der Waals surface area contributed by atoms with Gasteiger partial charge >= 0.3 is 6.01 Å². The summed E-state index contributed by atoms with van der Waals surface area (Å²) in [5, 5.41) is 12.1. The van der Waals surface area contributed by atoms with Gasteiger partial charge in [0.05, 0.1) is 50.1 Å². The number of nitrogens with zero attached hydrogens (tertiary/aromatic N) is 7. The van der Waals surface area contributed by atoms with Gasteiger partial charge in [0.15, 0.2) is 0 Å². The van der Waals surface area contributed by atoms with E-state index in [2.05, 4.69) is 70.7 Å². The van der Waals surface area contributed by atoms with E-state index in [1.165, 1.54) is 28.1 Å². The largest absolute Gasteiger partial charge is 0.463 e. The lowest BCUT2D eigenvalue weighted by Gasteiger charge is -2.42. The van der Waals surface area contributed by atoms with Crippen molar-refractivity contribution in [2.75, 3.05) is 62.3 Å². The smallest absolute Gasteiger partial charge is 0.318 e. The lowest BCUT2D eigenvalue weighted by molar-refractivity contribution is -0.128. The van der Waals surface area contributed by atoms with Crippen LogP contribution in [0.25, 0.3) is 10.8 Å². The Labute approximate surface area is 264 Å². The molecule has 1 amide bonds. The molecule has 3 saturated heterocycles. The minimum atomic E-state index is -0.234. The van der Waals surface area contributed by atoms with Gasteiger partial charge < -0.3 is 24.2 Å². The van der Waals surface area contributed by atoms with Crippen molar-refractivity contribution < 1.29 is 14.3 Å². The number of morpholine rings is 1. The number of rotatable bonds is 9. The Bertz CT molecular complexity index is 1630. The van der Waals surface area contributed by atoms with Crippen LogP contribution in [0.3, 0.4) is 0 Å². The predicted octanol–water partition coefficient (Wildman–Crippen LogP) is 3.86. The zero-order valence-corrected chi connectivity index (χ0v) is 26.0. The van der Waals surface area contributed by atoms with Crippen molar-refractivity contribution >= 4 is 28.2 Å². The van der Waals surface area contributed by atoms with Crippen LogP contribution < -0.4 is 14.5 Å². The number of likely N-dealkylation sites (tertiary alicyclic amines) is 1. The zero-order chi connectivity index (χ0) is 30.9. The van der Waals surface area contributed by atoms with Gasteiger partial charge in [-0.1, -0.05) is 36.9 Å². The van der Waals surface area contributed by atoms with Crippen LogP contribution in [0.1, 0.15) is 36.1 Å². The molecule has 0 saturated carbocycles. The van der Waals surface area contributed by atoms with Crippen molar-refractivity contribution in [1.82, 2.24) is 19.8 Å². The van der Waals surface area contributed by atoms with E-state index in [0.29, 0.717) is 50.9 Å². The summed E-state index contributed by atoms with van der Waals surface area (Å²) in [4.78, 5) is 31.5. The van der Waals surface area contributed by atoms with Gasteiger partial charge in [0.1, 0.15) is 5.82 Å². The van der Waals surface area contributed by atoms with Gasteiger partial charge in [0.25, 0.3) is 0 Å². The van der Waals surface area contributed by atoms with Crippen LogP contribution in [-0.2, 0) is 22.5 Å². The highest BCUT2D eigenvalue weighted by Gasteiger charge is 2.38. The monoisotopic (exact) mass is 607 g/mol. The minimum absolute atomic E-state index is 0.137. The Balaban J connectivity index is 1.15. The maximum Gasteiger partial charge on any atom is 0.318 e. The molecule has 1 unspecified atom stereocenters. The molecule has 3 fully saturated rings. The van der Waals surface area contributed by atoms with Crippen molar-refractivity contribution in [1.29, 1.82) is 5.26 Å². The molecule has 4 aliphatic heterocycles. The fraction of sp³-hybridized carbons (Fsp3) is 0.486. The highest BCUT2D eigenvalue weighted by molar-refractivity contribution is 5.97. The maximum absolute atomic E-state index is 12.6. The predicted molar refractivity (Wildman–Crippen MR) is 173 cm³/mol. The van der Waals surface area contributed by atoms with Crippen molar-refractivity contribution in [3.05, 3.63) is 65.9 Å². The normalized spacial score (nSPS) is 22.8. The fourth-order valence-corrected chi connectivity index (χ4v) is 7.61. The number of benzene rings is 2. The second-order valence-corrected chi connectivity index (χ2v) is 12.6. The number of anilines is 2. The molecule has 2 aromatic carbocycles. The molecule has 0 radical (unpaired) electrons. The second kappa shape index (κ2) is 12.7. The van der Waals surface area contributed by atoms with E-state index in [1.54, 1.807) is 4.90 Å². The van der Waals surface area contributed by atoms with Crippen LogP contribution in [0.15, 0.2) is 49.1 Å². The van der Waals surface area contributed by atoms with Crippen LogP contribution >= 0.6 is 0 Å². The number of nitriles is 1. The second-order valence-electron chi connectivity index (χ2n) is 12.6. The number of hydrogen-bond acceptors (Lipinski definition) is 9. The van der Waals surface area contributed by atoms with Crippen molar-refractivity contribution in [2.24, 2.45) is 0 Å². The molecule has 1 aromatic heterocycles. The van der Waals surface area contributed by atoms with E-state index < -0.39 is 0 Å². The Kier molecular flexibility index (Phi) is 8.30. The number of amides is 1. The fourth-order valence-electron chi connectivity index (χ4n) is 7.61. The third-order valence-corrected chi connectivity index (χ3v) is 9.86. The van der Waals surface area contributed by atoms with E-state index >= 15 is 0 Å². The number of ether oxygens (including phenoxy) is 2. The summed E-state index contributed by atoms with van der Waals surface area (Å²) in [6, 6.07) is 15.9. The maximum atomic E-state index is 12.6. The first kappa shape index (κ1) is 29.5. The van der Waals surface area contributed by atoms with Gasteiger partial charge in [-0.05, 0) is 49.3 Å². The lowest BCUT2D eigenvalue weighted by atomic mass is 9.99. The molecular weight excluding hydrogens is 566 g/mol. The molecule has 3 aromatic rings. The third-order valence-electron chi connectivity index (χ3n) is 9.86. The van der Waals surface area contributed by atoms with Gasteiger partial charge in [-0.3, -0.25) is 9.69 Å². The highest BCUT2D eigenvalue weighted by Crippen LogP contribution is 2.36. The number of hydrogen-bond donors (Lipinski definition) is 0. The molecular formula is C35H41N7O3. The summed E-state index contributed by atoms with van der Waals surface area (Å²) in [6.07, 6.45) is 4.81. The molecule has 0 spiro atoms. The lowest BCUT2D eigenvalue weighted by Crippen LogP contribution is -2.55. The Morgan fingerprint density at radius 2 is 2.02 bits per heavy atom. The molecule has 4 aliphatic rings. The number of carbonyl (C=O) groups excluding carboxylic acids is 1. The molecule has 2 bridgehead atoms. The van der Waals surface area contributed by atoms with Gasteiger partial charge in [-0.25, -0.2) is 0 Å². The molecule has 10 heteroatoms. The van der Waals surface area contributed by atoms with E-state index in [1.807, 2.05) is 0 Å². The first-order chi connectivity index (χ1) is 22.0. The number of carbonyl (C=O) groups is 1. The molecule has 0 N–H and O–H groups in total. The molecule has 45 heavy (non-hydrogen) atoms.